The summed E-state index contributed by atoms with van der Waals surface area (Å²) in [6.07, 6.45) is 1.00. The van der Waals surface area contributed by atoms with Gasteiger partial charge in [0.15, 0.2) is 18.7 Å². The molecule has 3 rings (SSSR count). The van der Waals surface area contributed by atoms with E-state index in [1.54, 1.807) is 19.2 Å². The van der Waals surface area contributed by atoms with Gasteiger partial charge in [0.25, 0.3) is 0 Å². The Hall–Kier alpha value is -2.23. The van der Waals surface area contributed by atoms with Gasteiger partial charge in [0.05, 0.1) is 18.2 Å². The lowest BCUT2D eigenvalue weighted by Crippen LogP contribution is -2.23. The fraction of sp³-hybridized carbons (Fsp3) is 0.429. The average molecular weight is 355 g/mol. The van der Waals surface area contributed by atoms with Gasteiger partial charge in [-0.05, 0) is 12.1 Å². The van der Waals surface area contributed by atoms with Gasteiger partial charge in [-0.25, -0.2) is 9.48 Å². The number of hydrogen-bond donors (Lipinski definition) is 0. The zero-order chi connectivity index (χ0) is 16.9. The van der Waals surface area contributed by atoms with E-state index in [0.29, 0.717) is 29.8 Å². The van der Waals surface area contributed by atoms with E-state index in [-0.39, 0.29) is 19.2 Å². The van der Waals surface area contributed by atoms with Gasteiger partial charge in [0.2, 0.25) is 0 Å². The Labute approximate surface area is 142 Å². The van der Waals surface area contributed by atoms with E-state index in [1.807, 2.05) is 0 Å². The maximum absolute atomic E-state index is 11.6. The highest BCUT2D eigenvalue weighted by Gasteiger charge is 2.19. The van der Waals surface area contributed by atoms with E-state index >= 15 is 0 Å². The van der Waals surface area contributed by atoms with Crippen LogP contribution >= 0.6 is 11.6 Å². The molecule has 24 heavy (non-hydrogen) atoms. The first-order valence-corrected chi connectivity index (χ1v) is 7.54. The number of nitrogens with zero attached hydrogens (tertiary/aromatic N) is 4. The third-order valence-electron chi connectivity index (χ3n) is 3.09. The van der Waals surface area contributed by atoms with Crippen LogP contribution in [0.15, 0.2) is 18.3 Å². The molecule has 0 atom stereocenters. The van der Waals surface area contributed by atoms with E-state index in [0.717, 1.165) is 0 Å². The molecule has 1 aliphatic heterocycles. The number of hydrogen-bond acceptors (Lipinski definition) is 8. The monoisotopic (exact) mass is 354 g/mol. The highest BCUT2D eigenvalue weighted by molar-refractivity contribution is 6.30. The molecule has 0 aliphatic carbocycles. The molecule has 0 aromatic carbocycles. The molecule has 1 saturated heterocycles. The van der Waals surface area contributed by atoms with E-state index in [4.69, 9.17) is 30.5 Å². The summed E-state index contributed by atoms with van der Waals surface area (Å²) < 4.78 is 22.0. The van der Waals surface area contributed by atoms with Crippen LogP contribution in [0.25, 0.3) is 11.5 Å². The maximum Gasteiger partial charge on any atom is 0.344 e. The molecule has 0 spiro atoms. The van der Waals surface area contributed by atoms with Crippen molar-refractivity contribution in [3.63, 3.8) is 0 Å². The fourth-order valence-electron chi connectivity index (χ4n) is 1.98. The molecule has 0 saturated carbocycles. The summed E-state index contributed by atoms with van der Waals surface area (Å²) in [5.41, 5.74) is 0.586. The number of aryl methyl sites for hydroxylation is 1. The third kappa shape index (κ3) is 4.19. The highest BCUT2D eigenvalue weighted by atomic mass is 35.5. The van der Waals surface area contributed by atoms with E-state index in [9.17, 15) is 4.79 Å². The predicted molar refractivity (Wildman–Crippen MR) is 81.4 cm³/mol. The quantitative estimate of drug-likeness (QED) is 0.703. The molecule has 0 bridgehead atoms. The Bertz CT molecular complexity index is 700. The van der Waals surface area contributed by atoms with Crippen LogP contribution in [0, 0.1) is 0 Å². The summed E-state index contributed by atoms with van der Waals surface area (Å²) in [5, 5.41) is 4.60. The minimum Gasteiger partial charge on any atom is -0.458 e. The number of pyridine rings is 1. The normalized spacial score (nSPS) is 14.8. The second kappa shape index (κ2) is 7.56. The van der Waals surface area contributed by atoms with Crippen LogP contribution in [0.4, 0.5) is 0 Å². The molecule has 128 valence electrons. The number of rotatable bonds is 6. The first-order valence-electron chi connectivity index (χ1n) is 7.16. The van der Waals surface area contributed by atoms with Crippen LogP contribution in [-0.4, -0.2) is 58.4 Å². The SMILES string of the molecule is Cn1nc(OCC(=O)OCC2OCCO2)nc1-c1ccc(Cl)cn1. The second-order valence-corrected chi connectivity index (χ2v) is 5.28. The maximum atomic E-state index is 11.6. The largest absolute Gasteiger partial charge is 0.458 e. The molecule has 2 aromatic rings. The van der Waals surface area contributed by atoms with Crippen molar-refractivity contribution in [2.45, 2.75) is 6.29 Å². The molecule has 0 amide bonds. The Morgan fingerprint density at radius 3 is 2.92 bits per heavy atom. The number of ether oxygens (including phenoxy) is 4. The topological polar surface area (TPSA) is 97.6 Å². The van der Waals surface area contributed by atoms with E-state index < -0.39 is 12.3 Å². The van der Waals surface area contributed by atoms with Gasteiger partial charge in [-0.3, -0.25) is 4.98 Å². The number of aromatic nitrogens is 4. The van der Waals surface area contributed by atoms with Gasteiger partial charge < -0.3 is 18.9 Å². The summed E-state index contributed by atoms with van der Waals surface area (Å²) in [5.74, 6) is -0.0736. The smallest absolute Gasteiger partial charge is 0.344 e. The number of esters is 1. The summed E-state index contributed by atoms with van der Waals surface area (Å²) in [7, 11) is 1.69. The lowest BCUT2D eigenvalue weighted by molar-refractivity contribution is -0.158. The summed E-state index contributed by atoms with van der Waals surface area (Å²) >= 11 is 5.81. The van der Waals surface area contributed by atoms with Crippen LogP contribution in [0.2, 0.25) is 5.02 Å². The van der Waals surface area contributed by atoms with Crippen molar-refractivity contribution < 1.29 is 23.7 Å². The van der Waals surface area contributed by atoms with Gasteiger partial charge in [-0.15, -0.1) is 5.10 Å². The molecular formula is C14H15ClN4O5. The van der Waals surface area contributed by atoms with E-state index in [1.165, 1.54) is 10.9 Å². The molecular weight excluding hydrogens is 340 g/mol. The third-order valence-corrected chi connectivity index (χ3v) is 3.31. The van der Waals surface area contributed by atoms with Crippen molar-refractivity contribution in [1.29, 1.82) is 0 Å². The molecule has 1 fully saturated rings. The van der Waals surface area contributed by atoms with Crippen molar-refractivity contribution in [2.75, 3.05) is 26.4 Å². The Morgan fingerprint density at radius 2 is 2.21 bits per heavy atom. The lowest BCUT2D eigenvalue weighted by Gasteiger charge is -2.09. The van der Waals surface area contributed by atoms with Crippen LogP contribution < -0.4 is 4.74 Å². The van der Waals surface area contributed by atoms with Crippen LogP contribution in [0.3, 0.4) is 0 Å². The van der Waals surface area contributed by atoms with Crippen molar-refractivity contribution in [2.24, 2.45) is 7.05 Å². The average Bonchev–Trinajstić information content (AvgIpc) is 3.21. The Morgan fingerprint density at radius 1 is 1.42 bits per heavy atom. The molecule has 0 N–H and O–H groups in total. The first kappa shape index (κ1) is 16.6. The molecule has 2 aromatic heterocycles. The van der Waals surface area contributed by atoms with Crippen LogP contribution in [-0.2, 0) is 26.1 Å². The second-order valence-electron chi connectivity index (χ2n) is 4.85. The van der Waals surface area contributed by atoms with Gasteiger partial charge in [-0.1, -0.05) is 11.6 Å². The lowest BCUT2D eigenvalue weighted by atomic mass is 10.3. The van der Waals surface area contributed by atoms with Crippen LogP contribution in [0.5, 0.6) is 6.01 Å². The Kier molecular flexibility index (Phi) is 5.24. The number of carbonyl (C=O) groups excluding carboxylic acids is 1. The fourth-order valence-corrected chi connectivity index (χ4v) is 2.09. The molecule has 0 radical (unpaired) electrons. The molecule has 3 heterocycles. The summed E-state index contributed by atoms with van der Waals surface area (Å²) in [6.45, 7) is 0.707. The number of halogens is 1. The van der Waals surface area contributed by atoms with Crippen molar-refractivity contribution in [3.8, 4) is 17.5 Å². The minimum absolute atomic E-state index is 0.0256. The van der Waals surface area contributed by atoms with Crippen LogP contribution in [0.1, 0.15) is 0 Å². The van der Waals surface area contributed by atoms with E-state index in [2.05, 4.69) is 15.1 Å². The molecule has 1 aliphatic rings. The zero-order valence-electron chi connectivity index (χ0n) is 12.8. The zero-order valence-corrected chi connectivity index (χ0v) is 13.6. The van der Waals surface area contributed by atoms with Crippen molar-refractivity contribution >= 4 is 17.6 Å². The van der Waals surface area contributed by atoms with Gasteiger partial charge in [-0.2, -0.15) is 4.98 Å². The van der Waals surface area contributed by atoms with Gasteiger partial charge in [0, 0.05) is 13.2 Å². The predicted octanol–water partition coefficient (Wildman–Crippen LogP) is 0.825. The molecule has 9 nitrogen and oxygen atoms in total. The Balaban J connectivity index is 1.53. The summed E-state index contributed by atoms with van der Waals surface area (Å²) in [6, 6.07) is 3.46. The first-order chi connectivity index (χ1) is 11.6. The highest BCUT2D eigenvalue weighted by Crippen LogP contribution is 2.18. The van der Waals surface area contributed by atoms with Crippen molar-refractivity contribution in [1.82, 2.24) is 19.7 Å². The minimum atomic E-state index is -0.562. The number of carbonyl (C=O) groups is 1. The molecule has 0 unspecified atom stereocenters. The summed E-state index contributed by atoms with van der Waals surface area (Å²) in [4.78, 5) is 20.0. The molecule has 10 heteroatoms. The van der Waals surface area contributed by atoms with Gasteiger partial charge in [0.1, 0.15) is 12.3 Å². The van der Waals surface area contributed by atoms with Crippen molar-refractivity contribution in [3.05, 3.63) is 23.4 Å². The standard InChI is InChI=1S/C14H15ClN4O5/c1-19-13(10-3-2-9(15)6-16-10)17-14(18-19)24-7-11(20)23-8-12-21-4-5-22-12/h2-3,6,12H,4-5,7-8H2,1H3. The van der Waals surface area contributed by atoms with Gasteiger partial charge >= 0.3 is 12.0 Å².